The number of hydrogen-bond acceptors (Lipinski definition) is 2. The molecule has 0 radical (unpaired) electrons. The van der Waals surface area contributed by atoms with E-state index in [4.69, 9.17) is 4.74 Å². The third-order valence-corrected chi connectivity index (χ3v) is 2.33. The maximum Gasteiger partial charge on any atom is 0.419 e. The number of aryl methyl sites for hydroxylation is 1. The molecule has 96 valence electrons. The molecule has 18 heavy (non-hydrogen) atoms. The van der Waals surface area contributed by atoms with Crippen molar-refractivity contribution in [3.63, 3.8) is 0 Å². The fourth-order valence-electron chi connectivity index (χ4n) is 1.52. The van der Waals surface area contributed by atoms with Crippen molar-refractivity contribution in [2.24, 2.45) is 7.05 Å². The summed E-state index contributed by atoms with van der Waals surface area (Å²) in [7, 11) is 1.78. The molecule has 6 heteroatoms. The molecule has 3 nitrogen and oxygen atoms in total. The van der Waals surface area contributed by atoms with Crippen molar-refractivity contribution in [1.82, 2.24) is 9.55 Å². The second kappa shape index (κ2) is 4.72. The lowest BCUT2D eigenvalue weighted by atomic mass is 10.2. The molecule has 1 heterocycles. The number of rotatable bonds is 3. The van der Waals surface area contributed by atoms with E-state index in [9.17, 15) is 13.2 Å². The van der Waals surface area contributed by atoms with Crippen LogP contribution in [-0.4, -0.2) is 9.55 Å². The maximum atomic E-state index is 12.7. The van der Waals surface area contributed by atoms with Gasteiger partial charge < -0.3 is 9.30 Å². The number of halogens is 3. The third-order valence-electron chi connectivity index (χ3n) is 2.33. The molecular formula is C12H11F3N2O. The van der Waals surface area contributed by atoms with E-state index in [1.807, 2.05) is 0 Å². The van der Waals surface area contributed by atoms with Crippen LogP contribution >= 0.6 is 0 Å². The summed E-state index contributed by atoms with van der Waals surface area (Å²) in [6.45, 7) is 0.00787. The number of alkyl halides is 3. The Morgan fingerprint density at radius 3 is 2.61 bits per heavy atom. The molecule has 0 saturated heterocycles. The second-order valence-electron chi connectivity index (χ2n) is 3.81. The summed E-state index contributed by atoms with van der Waals surface area (Å²) >= 11 is 0. The summed E-state index contributed by atoms with van der Waals surface area (Å²) in [4.78, 5) is 3.98. The topological polar surface area (TPSA) is 27.1 Å². The van der Waals surface area contributed by atoms with Gasteiger partial charge in [0.2, 0.25) is 0 Å². The van der Waals surface area contributed by atoms with E-state index >= 15 is 0 Å². The molecule has 0 saturated carbocycles. The Hall–Kier alpha value is -1.98. The second-order valence-corrected chi connectivity index (χ2v) is 3.81. The molecule has 1 aromatic heterocycles. The molecule has 0 amide bonds. The first-order chi connectivity index (χ1) is 8.47. The number of hydrogen-bond donors (Lipinski definition) is 0. The van der Waals surface area contributed by atoms with Crippen LogP contribution in [0.5, 0.6) is 5.75 Å². The van der Waals surface area contributed by atoms with Crippen LogP contribution in [0.1, 0.15) is 11.3 Å². The lowest BCUT2D eigenvalue weighted by Crippen LogP contribution is -2.08. The fraction of sp³-hybridized carbons (Fsp3) is 0.250. The summed E-state index contributed by atoms with van der Waals surface area (Å²) < 4.78 is 44.9. The Labute approximate surface area is 102 Å². The van der Waals surface area contributed by atoms with Gasteiger partial charge in [0.05, 0.1) is 17.6 Å². The SMILES string of the molecule is Cn1cnc(COc2ccccc2C(F)(F)F)c1. The quantitative estimate of drug-likeness (QED) is 0.844. The highest BCUT2D eigenvalue weighted by atomic mass is 19.4. The first-order valence-corrected chi connectivity index (χ1v) is 5.22. The van der Waals surface area contributed by atoms with Crippen molar-refractivity contribution < 1.29 is 17.9 Å². The van der Waals surface area contributed by atoms with Gasteiger partial charge in [-0.15, -0.1) is 0 Å². The van der Waals surface area contributed by atoms with Crippen LogP contribution in [0.4, 0.5) is 13.2 Å². The highest BCUT2D eigenvalue weighted by Gasteiger charge is 2.33. The molecule has 0 bridgehead atoms. The number of benzene rings is 1. The number of imidazole rings is 1. The van der Waals surface area contributed by atoms with Crippen LogP contribution < -0.4 is 4.74 Å². The highest BCUT2D eigenvalue weighted by molar-refractivity contribution is 5.35. The van der Waals surface area contributed by atoms with Gasteiger partial charge >= 0.3 is 6.18 Å². The van der Waals surface area contributed by atoms with Crippen molar-refractivity contribution in [3.05, 3.63) is 48.0 Å². The van der Waals surface area contributed by atoms with Gasteiger partial charge in [-0.05, 0) is 12.1 Å². The minimum absolute atomic E-state index is 0.00787. The van der Waals surface area contributed by atoms with E-state index < -0.39 is 11.7 Å². The fourth-order valence-corrected chi connectivity index (χ4v) is 1.52. The number of ether oxygens (including phenoxy) is 1. The van der Waals surface area contributed by atoms with E-state index in [1.54, 1.807) is 24.1 Å². The molecule has 0 N–H and O–H groups in total. The van der Waals surface area contributed by atoms with Crippen LogP contribution in [0.25, 0.3) is 0 Å². The van der Waals surface area contributed by atoms with Gasteiger partial charge in [0.1, 0.15) is 12.4 Å². The minimum Gasteiger partial charge on any atom is -0.487 e. The van der Waals surface area contributed by atoms with Crippen molar-refractivity contribution in [2.45, 2.75) is 12.8 Å². The van der Waals surface area contributed by atoms with E-state index in [2.05, 4.69) is 4.98 Å². The molecule has 0 atom stereocenters. The lowest BCUT2D eigenvalue weighted by Gasteiger charge is -2.12. The average Bonchev–Trinajstić information content (AvgIpc) is 2.72. The number of nitrogens with zero attached hydrogens (tertiary/aromatic N) is 2. The molecule has 2 aromatic rings. The molecule has 0 fully saturated rings. The van der Waals surface area contributed by atoms with Crippen LogP contribution in [0.3, 0.4) is 0 Å². The van der Waals surface area contributed by atoms with Crippen molar-refractivity contribution in [1.29, 1.82) is 0 Å². The monoisotopic (exact) mass is 256 g/mol. The molecule has 1 aromatic carbocycles. The largest absolute Gasteiger partial charge is 0.487 e. The lowest BCUT2D eigenvalue weighted by molar-refractivity contribution is -0.139. The third kappa shape index (κ3) is 2.82. The van der Waals surface area contributed by atoms with Crippen molar-refractivity contribution in [3.8, 4) is 5.75 Å². The summed E-state index contributed by atoms with van der Waals surface area (Å²) in [5.74, 6) is -0.185. The zero-order valence-electron chi connectivity index (χ0n) is 9.61. The summed E-state index contributed by atoms with van der Waals surface area (Å²) in [6, 6.07) is 5.12. The van der Waals surface area contributed by atoms with Gasteiger partial charge in [-0.25, -0.2) is 4.98 Å². The van der Waals surface area contributed by atoms with Crippen LogP contribution in [0.2, 0.25) is 0 Å². The molecule has 0 aliphatic heterocycles. The number of para-hydroxylation sites is 1. The van der Waals surface area contributed by atoms with Crippen molar-refractivity contribution in [2.75, 3.05) is 0 Å². The zero-order chi connectivity index (χ0) is 13.2. The summed E-state index contributed by atoms with van der Waals surface area (Å²) in [5, 5.41) is 0. The Bertz CT molecular complexity index is 534. The molecule has 0 spiro atoms. The summed E-state index contributed by atoms with van der Waals surface area (Å²) in [6.07, 6.45) is -1.16. The van der Waals surface area contributed by atoms with Gasteiger partial charge in [0.15, 0.2) is 0 Å². The minimum atomic E-state index is -4.42. The maximum absolute atomic E-state index is 12.7. The Morgan fingerprint density at radius 1 is 1.28 bits per heavy atom. The van der Waals surface area contributed by atoms with E-state index in [0.29, 0.717) is 5.69 Å². The first-order valence-electron chi connectivity index (χ1n) is 5.22. The molecule has 0 aliphatic carbocycles. The van der Waals surface area contributed by atoms with E-state index in [1.165, 1.54) is 18.2 Å². The first kappa shape index (κ1) is 12.5. The standard InChI is InChI=1S/C12H11F3N2O/c1-17-6-9(16-8-17)7-18-11-5-3-2-4-10(11)12(13,14)15/h2-6,8H,7H2,1H3. The van der Waals surface area contributed by atoms with Crippen LogP contribution in [0.15, 0.2) is 36.8 Å². The zero-order valence-corrected chi connectivity index (χ0v) is 9.61. The molecule has 0 unspecified atom stereocenters. The average molecular weight is 256 g/mol. The van der Waals surface area contributed by atoms with Crippen LogP contribution in [0, 0.1) is 0 Å². The van der Waals surface area contributed by atoms with Gasteiger partial charge in [-0.1, -0.05) is 12.1 Å². The van der Waals surface area contributed by atoms with E-state index in [-0.39, 0.29) is 12.4 Å². The predicted octanol–water partition coefficient (Wildman–Crippen LogP) is 3.02. The van der Waals surface area contributed by atoms with Gasteiger partial charge in [0, 0.05) is 13.2 Å². The smallest absolute Gasteiger partial charge is 0.419 e. The summed E-state index contributed by atoms with van der Waals surface area (Å²) in [5.41, 5.74) is -0.199. The Kier molecular flexibility index (Phi) is 3.27. The number of aromatic nitrogens is 2. The van der Waals surface area contributed by atoms with E-state index in [0.717, 1.165) is 6.07 Å². The van der Waals surface area contributed by atoms with Crippen LogP contribution in [-0.2, 0) is 19.8 Å². The van der Waals surface area contributed by atoms with Gasteiger partial charge in [0.25, 0.3) is 0 Å². The Balaban J connectivity index is 2.14. The molecule has 2 rings (SSSR count). The molecular weight excluding hydrogens is 245 g/mol. The highest BCUT2D eigenvalue weighted by Crippen LogP contribution is 2.36. The van der Waals surface area contributed by atoms with Gasteiger partial charge in [-0.3, -0.25) is 0 Å². The predicted molar refractivity (Wildman–Crippen MR) is 59.0 cm³/mol. The Morgan fingerprint density at radius 2 is 2.00 bits per heavy atom. The van der Waals surface area contributed by atoms with Gasteiger partial charge in [-0.2, -0.15) is 13.2 Å². The molecule has 0 aliphatic rings. The van der Waals surface area contributed by atoms with Crippen molar-refractivity contribution >= 4 is 0 Å². The normalized spacial score (nSPS) is 11.6.